The van der Waals surface area contributed by atoms with Gasteiger partial charge in [-0.25, -0.2) is 0 Å². The Bertz CT molecular complexity index is 490. The molecule has 0 spiro atoms. The summed E-state index contributed by atoms with van der Waals surface area (Å²) in [5, 5.41) is 10.5. The second-order valence-electron chi connectivity index (χ2n) is 4.75. The number of benzene rings is 2. The lowest BCUT2D eigenvalue weighted by atomic mass is 9.89. The molecular formula is C17H20O. The van der Waals surface area contributed by atoms with E-state index in [-0.39, 0.29) is 0 Å². The first-order valence-corrected chi connectivity index (χ1v) is 6.55. The van der Waals surface area contributed by atoms with Gasteiger partial charge in [0.2, 0.25) is 0 Å². The molecule has 0 aliphatic rings. The van der Waals surface area contributed by atoms with Crippen molar-refractivity contribution in [3.63, 3.8) is 0 Å². The van der Waals surface area contributed by atoms with E-state index < -0.39 is 6.10 Å². The summed E-state index contributed by atoms with van der Waals surface area (Å²) >= 11 is 0. The van der Waals surface area contributed by atoms with Crippen LogP contribution in [0.2, 0.25) is 0 Å². The summed E-state index contributed by atoms with van der Waals surface area (Å²) in [6, 6.07) is 18.0. The maximum Gasteiger partial charge on any atom is 0.104 e. The molecule has 2 aromatic carbocycles. The van der Waals surface area contributed by atoms with E-state index in [4.69, 9.17) is 0 Å². The number of aliphatic hydroxyl groups is 1. The Morgan fingerprint density at radius 2 is 1.44 bits per heavy atom. The molecule has 0 saturated heterocycles. The third-order valence-electron chi connectivity index (χ3n) is 3.55. The SMILES string of the molecule is CC[C@H](C)c1ccccc1[C@@H](O)c1ccccc1. The van der Waals surface area contributed by atoms with Gasteiger partial charge in [0.25, 0.3) is 0 Å². The quantitative estimate of drug-likeness (QED) is 0.845. The Morgan fingerprint density at radius 3 is 2.06 bits per heavy atom. The number of rotatable bonds is 4. The lowest BCUT2D eigenvalue weighted by Crippen LogP contribution is -2.05. The average molecular weight is 240 g/mol. The number of hydrogen-bond donors (Lipinski definition) is 1. The molecule has 0 radical (unpaired) electrons. The summed E-state index contributed by atoms with van der Waals surface area (Å²) in [5.41, 5.74) is 3.22. The molecule has 18 heavy (non-hydrogen) atoms. The molecule has 0 fully saturated rings. The van der Waals surface area contributed by atoms with Crippen molar-refractivity contribution in [2.45, 2.75) is 32.3 Å². The Balaban J connectivity index is 2.39. The van der Waals surface area contributed by atoms with E-state index in [2.05, 4.69) is 19.9 Å². The van der Waals surface area contributed by atoms with Gasteiger partial charge in [0.15, 0.2) is 0 Å². The van der Waals surface area contributed by atoms with Crippen LogP contribution in [0.3, 0.4) is 0 Å². The zero-order valence-corrected chi connectivity index (χ0v) is 11.0. The zero-order valence-electron chi connectivity index (χ0n) is 11.0. The summed E-state index contributed by atoms with van der Waals surface area (Å²) in [5.74, 6) is 0.472. The normalized spacial score (nSPS) is 14.2. The maximum atomic E-state index is 10.5. The minimum Gasteiger partial charge on any atom is -0.384 e. The Kier molecular flexibility index (Phi) is 4.16. The van der Waals surface area contributed by atoms with Gasteiger partial charge >= 0.3 is 0 Å². The van der Waals surface area contributed by atoms with Crippen molar-refractivity contribution >= 4 is 0 Å². The lowest BCUT2D eigenvalue weighted by Gasteiger charge is -2.19. The molecular weight excluding hydrogens is 220 g/mol. The Morgan fingerprint density at radius 1 is 0.889 bits per heavy atom. The van der Waals surface area contributed by atoms with Gasteiger partial charge in [-0.2, -0.15) is 0 Å². The molecule has 2 atom stereocenters. The molecule has 0 aromatic heterocycles. The van der Waals surface area contributed by atoms with Crippen LogP contribution in [0.15, 0.2) is 54.6 Å². The molecule has 0 aliphatic heterocycles. The van der Waals surface area contributed by atoms with E-state index in [0.717, 1.165) is 17.5 Å². The van der Waals surface area contributed by atoms with E-state index in [1.165, 1.54) is 5.56 Å². The molecule has 2 rings (SSSR count). The summed E-state index contributed by atoms with van der Waals surface area (Å²) in [4.78, 5) is 0. The minimum atomic E-state index is -0.531. The van der Waals surface area contributed by atoms with Crippen molar-refractivity contribution < 1.29 is 5.11 Å². The van der Waals surface area contributed by atoms with Gasteiger partial charge in [0.05, 0.1) is 0 Å². The van der Waals surface area contributed by atoms with Crippen molar-refractivity contribution in [1.82, 2.24) is 0 Å². The van der Waals surface area contributed by atoms with E-state index in [1.54, 1.807) is 0 Å². The first-order valence-electron chi connectivity index (χ1n) is 6.55. The third-order valence-corrected chi connectivity index (χ3v) is 3.55. The van der Waals surface area contributed by atoms with Crippen LogP contribution in [0.1, 0.15) is 49.0 Å². The Labute approximate surface area is 109 Å². The van der Waals surface area contributed by atoms with Crippen molar-refractivity contribution in [3.8, 4) is 0 Å². The summed E-state index contributed by atoms with van der Waals surface area (Å²) < 4.78 is 0. The van der Waals surface area contributed by atoms with E-state index in [9.17, 15) is 5.11 Å². The minimum absolute atomic E-state index is 0.472. The molecule has 2 aromatic rings. The fourth-order valence-corrected chi connectivity index (χ4v) is 2.24. The van der Waals surface area contributed by atoms with Crippen LogP contribution in [-0.2, 0) is 0 Å². The topological polar surface area (TPSA) is 20.2 Å². The molecule has 1 nitrogen and oxygen atoms in total. The largest absolute Gasteiger partial charge is 0.384 e. The van der Waals surface area contributed by atoms with Crippen LogP contribution in [0.25, 0.3) is 0 Å². The summed E-state index contributed by atoms with van der Waals surface area (Å²) in [6.45, 7) is 4.38. The van der Waals surface area contributed by atoms with Crippen LogP contribution >= 0.6 is 0 Å². The van der Waals surface area contributed by atoms with Crippen molar-refractivity contribution in [3.05, 3.63) is 71.3 Å². The highest BCUT2D eigenvalue weighted by Crippen LogP contribution is 2.30. The van der Waals surface area contributed by atoms with Crippen LogP contribution < -0.4 is 0 Å². The second kappa shape index (κ2) is 5.83. The first-order chi connectivity index (χ1) is 8.74. The third kappa shape index (κ3) is 2.62. The van der Waals surface area contributed by atoms with E-state index in [1.807, 2.05) is 48.5 Å². The van der Waals surface area contributed by atoms with Gasteiger partial charge in [-0.15, -0.1) is 0 Å². The van der Waals surface area contributed by atoms with Gasteiger partial charge in [0.1, 0.15) is 6.10 Å². The second-order valence-corrected chi connectivity index (χ2v) is 4.75. The highest BCUT2D eigenvalue weighted by atomic mass is 16.3. The molecule has 94 valence electrons. The number of aliphatic hydroxyl groups excluding tert-OH is 1. The highest BCUT2D eigenvalue weighted by molar-refractivity contribution is 5.37. The maximum absolute atomic E-state index is 10.5. The fraction of sp³-hybridized carbons (Fsp3) is 0.294. The number of hydrogen-bond acceptors (Lipinski definition) is 1. The van der Waals surface area contributed by atoms with Crippen LogP contribution in [0.5, 0.6) is 0 Å². The lowest BCUT2D eigenvalue weighted by molar-refractivity contribution is 0.218. The summed E-state index contributed by atoms with van der Waals surface area (Å²) in [6.07, 6.45) is 0.551. The van der Waals surface area contributed by atoms with Gasteiger partial charge < -0.3 is 5.11 Å². The predicted molar refractivity (Wildman–Crippen MR) is 75.7 cm³/mol. The molecule has 0 unspecified atom stereocenters. The first kappa shape index (κ1) is 12.8. The molecule has 0 bridgehead atoms. The molecule has 1 N–H and O–H groups in total. The van der Waals surface area contributed by atoms with Crippen molar-refractivity contribution in [1.29, 1.82) is 0 Å². The van der Waals surface area contributed by atoms with Crippen LogP contribution in [0.4, 0.5) is 0 Å². The molecule has 0 saturated carbocycles. The monoisotopic (exact) mass is 240 g/mol. The molecule has 0 aliphatic carbocycles. The zero-order chi connectivity index (χ0) is 13.0. The van der Waals surface area contributed by atoms with Crippen LogP contribution in [0, 0.1) is 0 Å². The molecule has 0 amide bonds. The standard InChI is InChI=1S/C17H20O/c1-3-13(2)15-11-7-8-12-16(15)17(18)14-9-5-4-6-10-14/h4-13,17-18H,3H2,1-2H3/t13-,17-/m0/s1. The average Bonchev–Trinajstić information content (AvgIpc) is 2.46. The van der Waals surface area contributed by atoms with Gasteiger partial charge in [-0.05, 0) is 29.0 Å². The Hall–Kier alpha value is -1.60. The highest BCUT2D eigenvalue weighted by Gasteiger charge is 2.16. The van der Waals surface area contributed by atoms with Crippen molar-refractivity contribution in [2.24, 2.45) is 0 Å². The van der Waals surface area contributed by atoms with Gasteiger partial charge in [-0.3, -0.25) is 0 Å². The molecule has 1 heteroatoms. The van der Waals surface area contributed by atoms with Crippen LogP contribution in [-0.4, -0.2) is 5.11 Å². The van der Waals surface area contributed by atoms with E-state index >= 15 is 0 Å². The van der Waals surface area contributed by atoms with Gasteiger partial charge in [0, 0.05) is 0 Å². The molecule has 0 heterocycles. The smallest absolute Gasteiger partial charge is 0.104 e. The predicted octanol–water partition coefficient (Wildman–Crippen LogP) is 4.28. The fourth-order valence-electron chi connectivity index (χ4n) is 2.24. The van der Waals surface area contributed by atoms with Crippen molar-refractivity contribution in [2.75, 3.05) is 0 Å². The summed E-state index contributed by atoms with van der Waals surface area (Å²) in [7, 11) is 0. The van der Waals surface area contributed by atoms with E-state index in [0.29, 0.717) is 5.92 Å². The van der Waals surface area contributed by atoms with Gasteiger partial charge in [-0.1, -0.05) is 68.4 Å².